The van der Waals surface area contributed by atoms with Crippen LogP contribution >= 0.6 is 0 Å². The van der Waals surface area contributed by atoms with Crippen LogP contribution in [-0.4, -0.2) is 33.4 Å². The van der Waals surface area contributed by atoms with E-state index in [1.54, 1.807) is 55.3 Å². The third kappa shape index (κ3) is 2.79. The highest BCUT2D eigenvalue weighted by atomic mass is 16.5. The van der Waals surface area contributed by atoms with Crippen molar-refractivity contribution >= 4 is 11.6 Å². The van der Waals surface area contributed by atoms with Crippen LogP contribution in [0.25, 0.3) is 5.82 Å². The molecule has 0 aromatic carbocycles. The fourth-order valence-corrected chi connectivity index (χ4v) is 1.44. The maximum absolute atomic E-state index is 12.1. The van der Waals surface area contributed by atoms with Gasteiger partial charge in [-0.25, -0.2) is 9.67 Å². The van der Waals surface area contributed by atoms with Gasteiger partial charge in [0.25, 0.3) is 5.91 Å². The minimum atomic E-state index is -0.906. The number of carbonyl (C=O) groups excluding carboxylic acids is 1. The molecule has 0 atom stereocenters. The monoisotopic (exact) mass is 260 g/mol. The molecule has 0 fully saturated rings. The van der Waals surface area contributed by atoms with E-state index in [9.17, 15) is 4.79 Å². The van der Waals surface area contributed by atoms with E-state index < -0.39 is 5.60 Å². The van der Waals surface area contributed by atoms with Crippen LogP contribution in [0.15, 0.2) is 36.8 Å². The predicted octanol–water partition coefficient (Wildman–Crippen LogP) is 1.63. The van der Waals surface area contributed by atoms with E-state index in [0.29, 0.717) is 11.5 Å². The molecule has 6 heteroatoms. The quantitative estimate of drug-likeness (QED) is 0.907. The highest BCUT2D eigenvalue weighted by molar-refractivity contribution is 5.97. The largest absolute Gasteiger partial charge is 0.369 e. The minimum Gasteiger partial charge on any atom is -0.369 e. The molecule has 2 aromatic heterocycles. The van der Waals surface area contributed by atoms with Crippen molar-refractivity contribution in [3.63, 3.8) is 0 Å². The number of ether oxygens (including phenoxy) is 1. The van der Waals surface area contributed by atoms with Crippen molar-refractivity contribution in [3.05, 3.63) is 36.8 Å². The number of anilines is 1. The van der Waals surface area contributed by atoms with Gasteiger partial charge >= 0.3 is 0 Å². The molecule has 0 aliphatic carbocycles. The second-order valence-electron chi connectivity index (χ2n) is 4.49. The first-order valence-corrected chi connectivity index (χ1v) is 5.86. The first-order chi connectivity index (χ1) is 9.04. The number of hydrogen-bond acceptors (Lipinski definition) is 4. The lowest BCUT2D eigenvalue weighted by Gasteiger charge is -2.22. The van der Waals surface area contributed by atoms with Crippen molar-refractivity contribution in [1.82, 2.24) is 14.8 Å². The van der Waals surface area contributed by atoms with E-state index in [1.165, 1.54) is 7.11 Å². The number of nitrogens with one attached hydrogen (secondary N) is 1. The number of carbonyl (C=O) groups is 1. The lowest BCUT2D eigenvalue weighted by atomic mass is 10.1. The molecule has 0 aliphatic rings. The predicted molar refractivity (Wildman–Crippen MR) is 71.1 cm³/mol. The van der Waals surface area contributed by atoms with Crippen molar-refractivity contribution < 1.29 is 9.53 Å². The van der Waals surface area contributed by atoms with E-state index in [2.05, 4.69) is 15.4 Å². The number of rotatable bonds is 4. The van der Waals surface area contributed by atoms with Crippen LogP contribution in [-0.2, 0) is 9.53 Å². The molecule has 2 rings (SSSR count). The maximum atomic E-state index is 12.1. The molecule has 0 saturated carbocycles. The Labute approximate surface area is 111 Å². The zero-order valence-corrected chi connectivity index (χ0v) is 11.1. The van der Waals surface area contributed by atoms with Gasteiger partial charge in [-0.2, -0.15) is 5.10 Å². The Hall–Kier alpha value is -2.21. The normalized spacial score (nSPS) is 11.3. The second-order valence-corrected chi connectivity index (χ2v) is 4.49. The first-order valence-electron chi connectivity index (χ1n) is 5.86. The number of aromatic nitrogens is 3. The average Bonchev–Trinajstić information content (AvgIpc) is 2.93. The Kier molecular flexibility index (Phi) is 3.62. The molecule has 0 saturated heterocycles. The molecule has 0 radical (unpaired) electrons. The topological polar surface area (TPSA) is 69.0 Å². The molecule has 2 aromatic rings. The molecule has 19 heavy (non-hydrogen) atoms. The second kappa shape index (κ2) is 5.19. The Morgan fingerprint density at radius 2 is 2.16 bits per heavy atom. The number of amides is 1. The van der Waals surface area contributed by atoms with E-state index in [-0.39, 0.29) is 5.91 Å². The zero-order valence-electron chi connectivity index (χ0n) is 11.1. The summed E-state index contributed by atoms with van der Waals surface area (Å²) in [5, 5.41) is 6.91. The van der Waals surface area contributed by atoms with Gasteiger partial charge < -0.3 is 10.1 Å². The molecular weight excluding hydrogens is 244 g/mol. The Morgan fingerprint density at radius 3 is 2.79 bits per heavy atom. The van der Waals surface area contributed by atoms with Crippen molar-refractivity contribution in [1.29, 1.82) is 0 Å². The molecule has 0 bridgehead atoms. The maximum Gasteiger partial charge on any atom is 0.256 e. The van der Waals surface area contributed by atoms with Crippen molar-refractivity contribution in [2.75, 3.05) is 12.4 Å². The van der Waals surface area contributed by atoms with Crippen LogP contribution < -0.4 is 5.32 Å². The lowest BCUT2D eigenvalue weighted by molar-refractivity contribution is -0.133. The Balaban J connectivity index is 2.29. The number of hydrogen-bond donors (Lipinski definition) is 1. The van der Waals surface area contributed by atoms with Gasteiger partial charge in [-0.3, -0.25) is 4.79 Å². The van der Waals surface area contributed by atoms with Gasteiger partial charge in [0.05, 0.1) is 5.69 Å². The SMILES string of the molecule is COC(C)(C)C(=O)Nc1cccnc1-n1cccn1. The van der Waals surface area contributed by atoms with Crippen molar-refractivity contribution in [3.8, 4) is 5.82 Å². The molecule has 0 unspecified atom stereocenters. The summed E-state index contributed by atoms with van der Waals surface area (Å²) in [5.74, 6) is 0.323. The standard InChI is InChI=1S/C13H16N4O2/c1-13(2,19-3)12(18)16-10-6-4-7-14-11(10)17-9-5-8-15-17/h4-9H,1-3H3,(H,16,18). The van der Waals surface area contributed by atoms with Gasteiger partial charge in [-0.1, -0.05) is 0 Å². The smallest absolute Gasteiger partial charge is 0.256 e. The van der Waals surface area contributed by atoms with Gasteiger partial charge in [0.2, 0.25) is 0 Å². The average molecular weight is 260 g/mol. The Bertz CT molecular complexity index is 564. The molecule has 2 heterocycles. The summed E-state index contributed by atoms with van der Waals surface area (Å²) in [7, 11) is 1.50. The summed E-state index contributed by atoms with van der Waals surface area (Å²) < 4.78 is 6.74. The highest BCUT2D eigenvalue weighted by Crippen LogP contribution is 2.18. The third-order valence-corrected chi connectivity index (χ3v) is 2.81. The van der Waals surface area contributed by atoms with E-state index in [4.69, 9.17) is 4.74 Å². The van der Waals surface area contributed by atoms with Crippen LogP contribution in [0.3, 0.4) is 0 Å². The lowest BCUT2D eigenvalue weighted by Crippen LogP contribution is -2.39. The molecular formula is C13H16N4O2. The van der Waals surface area contributed by atoms with Crippen LogP contribution in [0.4, 0.5) is 5.69 Å². The van der Waals surface area contributed by atoms with E-state index in [1.807, 2.05) is 0 Å². The van der Waals surface area contributed by atoms with Gasteiger partial charge in [0.15, 0.2) is 5.82 Å². The van der Waals surface area contributed by atoms with Crippen LogP contribution in [0.2, 0.25) is 0 Å². The van der Waals surface area contributed by atoms with E-state index >= 15 is 0 Å². The summed E-state index contributed by atoms with van der Waals surface area (Å²) in [6.45, 7) is 3.40. The van der Waals surface area contributed by atoms with Crippen molar-refractivity contribution in [2.24, 2.45) is 0 Å². The summed E-state index contributed by atoms with van der Waals surface area (Å²) in [6, 6.07) is 5.31. The fourth-order valence-electron chi connectivity index (χ4n) is 1.44. The van der Waals surface area contributed by atoms with Crippen LogP contribution in [0, 0.1) is 0 Å². The third-order valence-electron chi connectivity index (χ3n) is 2.81. The summed E-state index contributed by atoms with van der Waals surface area (Å²) in [5.41, 5.74) is -0.321. The van der Waals surface area contributed by atoms with Crippen LogP contribution in [0.5, 0.6) is 0 Å². The molecule has 1 amide bonds. The molecule has 100 valence electrons. The number of methoxy groups -OCH3 is 1. The molecule has 6 nitrogen and oxygen atoms in total. The molecule has 0 aliphatic heterocycles. The van der Waals surface area contributed by atoms with Crippen LogP contribution in [0.1, 0.15) is 13.8 Å². The summed E-state index contributed by atoms with van der Waals surface area (Å²) in [6.07, 6.45) is 5.06. The van der Waals surface area contributed by atoms with Gasteiger partial charge in [0, 0.05) is 25.7 Å². The van der Waals surface area contributed by atoms with E-state index in [0.717, 1.165) is 0 Å². The highest BCUT2D eigenvalue weighted by Gasteiger charge is 2.27. The molecule has 1 N–H and O–H groups in total. The van der Waals surface area contributed by atoms with Gasteiger partial charge in [-0.05, 0) is 32.0 Å². The van der Waals surface area contributed by atoms with Gasteiger partial charge in [-0.15, -0.1) is 0 Å². The number of nitrogens with zero attached hydrogens (tertiary/aromatic N) is 3. The first kappa shape index (κ1) is 13.2. The molecule has 0 spiro atoms. The number of pyridine rings is 1. The zero-order chi connectivity index (χ0) is 13.9. The minimum absolute atomic E-state index is 0.239. The van der Waals surface area contributed by atoms with Gasteiger partial charge in [0.1, 0.15) is 5.60 Å². The summed E-state index contributed by atoms with van der Waals surface area (Å²) >= 11 is 0. The van der Waals surface area contributed by atoms with Crippen molar-refractivity contribution in [2.45, 2.75) is 19.4 Å². The fraction of sp³-hybridized carbons (Fsp3) is 0.308. The summed E-state index contributed by atoms with van der Waals surface area (Å²) in [4.78, 5) is 16.3. The Morgan fingerprint density at radius 1 is 1.37 bits per heavy atom.